The van der Waals surface area contributed by atoms with Crippen LogP contribution in [-0.2, 0) is 6.42 Å². The molecule has 0 aliphatic rings. The number of carbonyl (C=O) groups is 1. The molecular formula is C15H13BrFNO2. The highest BCUT2D eigenvalue weighted by atomic mass is 79.9. The van der Waals surface area contributed by atoms with E-state index >= 15 is 0 Å². The number of aliphatic hydroxyl groups is 1. The second-order valence-corrected chi connectivity index (χ2v) is 5.20. The molecule has 2 N–H and O–H groups in total. The number of carbonyl (C=O) groups excluding carboxylic acids is 1. The first kappa shape index (κ1) is 14.7. The van der Waals surface area contributed by atoms with Gasteiger partial charge in [-0.15, -0.1) is 0 Å². The van der Waals surface area contributed by atoms with E-state index in [0.717, 1.165) is 5.56 Å². The summed E-state index contributed by atoms with van der Waals surface area (Å²) in [5.41, 5.74) is 1.85. The van der Waals surface area contributed by atoms with Gasteiger partial charge < -0.3 is 10.4 Å². The molecule has 104 valence electrons. The highest BCUT2D eigenvalue weighted by Crippen LogP contribution is 2.17. The SMILES string of the molecule is O=C(Nc1ccc(CCO)cc1)c1cc(F)cc(Br)c1. The van der Waals surface area contributed by atoms with Crippen molar-refractivity contribution in [2.45, 2.75) is 6.42 Å². The van der Waals surface area contributed by atoms with E-state index in [1.54, 1.807) is 18.2 Å². The van der Waals surface area contributed by atoms with E-state index in [4.69, 9.17) is 5.11 Å². The van der Waals surface area contributed by atoms with Crippen LogP contribution in [0.15, 0.2) is 46.9 Å². The molecule has 5 heteroatoms. The summed E-state index contributed by atoms with van der Waals surface area (Å²) in [6, 6.07) is 11.2. The zero-order chi connectivity index (χ0) is 14.5. The Morgan fingerprint density at radius 3 is 2.50 bits per heavy atom. The molecule has 0 unspecified atom stereocenters. The molecule has 0 saturated heterocycles. The van der Waals surface area contributed by atoms with Gasteiger partial charge in [0.15, 0.2) is 0 Å². The number of aliphatic hydroxyl groups excluding tert-OH is 1. The number of amides is 1. The summed E-state index contributed by atoms with van der Waals surface area (Å²) in [7, 11) is 0. The predicted molar refractivity (Wildman–Crippen MR) is 79.3 cm³/mol. The topological polar surface area (TPSA) is 49.3 Å². The second-order valence-electron chi connectivity index (χ2n) is 4.28. The quantitative estimate of drug-likeness (QED) is 0.898. The Morgan fingerprint density at radius 2 is 1.90 bits per heavy atom. The Morgan fingerprint density at radius 1 is 1.20 bits per heavy atom. The molecule has 0 aromatic heterocycles. The third-order valence-electron chi connectivity index (χ3n) is 2.74. The van der Waals surface area contributed by atoms with Gasteiger partial charge in [0, 0.05) is 22.3 Å². The second kappa shape index (κ2) is 6.63. The van der Waals surface area contributed by atoms with Crippen molar-refractivity contribution in [1.29, 1.82) is 0 Å². The molecule has 3 nitrogen and oxygen atoms in total. The lowest BCUT2D eigenvalue weighted by Gasteiger charge is -2.07. The highest BCUT2D eigenvalue weighted by Gasteiger charge is 2.08. The Hall–Kier alpha value is -1.72. The monoisotopic (exact) mass is 337 g/mol. The lowest BCUT2D eigenvalue weighted by atomic mass is 10.1. The third kappa shape index (κ3) is 3.88. The van der Waals surface area contributed by atoms with Gasteiger partial charge in [0.25, 0.3) is 5.91 Å². The van der Waals surface area contributed by atoms with Crippen LogP contribution in [0.25, 0.3) is 0 Å². The van der Waals surface area contributed by atoms with Crippen LogP contribution in [0, 0.1) is 5.82 Å². The molecule has 2 rings (SSSR count). The van der Waals surface area contributed by atoms with Gasteiger partial charge in [0.2, 0.25) is 0 Å². The smallest absolute Gasteiger partial charge is 0.255 e. The van der Waals surface area contributed by atoms with Crippen molar-refractivity contribution in [3.05, 3.63) is 63.9 Å². The van der Waals surface area contributed by atoms with Gasteiger partial charge in [-0.25, -0.2) is 4.39 Å². The van der Waals surface area contributed by atoms with Crippen LogP contribution in [0.5, 0.6) is 0 Å². The van der Waals surface area contributed by atoms with Crippen LogP contribution in [0.3, 0.4) is 0 Å². The molecule has 0 fully saturated rings. The van der Waals surface area contributed by atoms with Gasteiger partial charge in [0.1, 0.15) is 5.82 Å². The van der Waals surface area contributed by atoms with Gasteiger partial charge in [-0.3, -0.25) is 4.79 Å². The van der Waals surface area contributed by atoms with Crippen LogP contribution >= 0.6 is 15.9 Å². The van der Waals surface area contributed by atoms with E-state index in [2.05, 4.69) is 21.2 Å². The molecule has 0 aliphatic heterocycles. The van der Waals surface area contributed by atoms with E-state index in [0.29, 0.717) is 16.6 Å². The van der Waals surface area contributed by atoms with Gasteiger partial charge in [0.05, 0.1) is 0 Å². The zero-order valence-corrected chi connectivity index (χ0v) is 12.2. The summed E-state index contributed by atoms with van der Waals surface area (Å²) >= 11 is 3.15. The molecule has 0 aliphatic carbocycles. The average molecular weight is 338 g/mol. The first-order valence-electron chi connectivity index (χ1n) is 6.06. The maximum atomic E-state index is 13.2. The molecule has 0 heterocycles. The van der Waals surface area contributed by atoms with Crippen LogP contribution < -0.4 is 5.32 Å². The number of hydrogen-bond acceptors (Lipinski definition) is 2. The van der Waals surface area contributed by atoms with E-state index in [-0.39, 0.29) is 18.1 Å². The maximum Gasteiger partial charge on any atom is 0.255 e. The fourth-order valence-corrected chi connectivity index (χ4v) is 2.24. The van der Waals surface area contributed by atoms with E-state index < -0.39 is 5.82 Å². The van der Waals surface area contributed by atoms with Crippen molar-refractivity contribution in [3.63, 3.8) is 0 Å². The number of benzene rings is 2. The molecule has 0 bridgehead atoms. The largest absolute Gasteiger partial charge is 0.396 e. The molecule has 1 amide bonds. The number of halogens is 2. The molecule has 0 saturated carbocycles. The minimum atomic E-state index is -0.470. The minimum Gasteiger partial charge on any atom is -0.396 e. The van der Waals surface area contributed by atoms with Crippen molar-refractivity contribution < 1.29 is 14.3 Å². The number of anilines is 1. The molecule has 20 heavy (non-hydrogen) atoms. The van der Waals surface area contributed by atoms with Gasteiger partial charge >= 0.3 is 0 Å². The first-order valence-corrected chi connectivity index (χ1v) is 6.85. The van der Waals surface area contributed by atoms with Crippen molar-refractivity contribution >= 4 is 27.5 Å². The predicted octanol–water partition coefficient (Wildman–Crippen LogP) is 3.38. The molecule has 2 aromatic rings. The summed E-state index contributed by atoms with van der Waals surface area (Å²) in [5.74, 6) is -0.845. The Balaban J connectivity index is 2.10. The van der Waals surface area contributed by atoms with Crippen LogP contribution in [-0.4, -0.2) is 17.6 Å². The first-order chi connectivity index (χ1) is 9.58. The van der Waals surface area contributed by atoms with Crippen molar-refractivity contribution in [2.75, 3.05) is 11.9 Å². The normalized spacial score (nSPS) is 10.3. The highest BCUT2D eigenvalue weighted by molar-refractivity contribution is 9.10. The number of hydrogen-bond donors (Lipinski definition) is 2. The molecular weight excluding hydrogens is 325 g/mol. The summed E-state index contributed by atoms with van der Waals surface area (Å²) in [4.78, 5) is 12.0. The standard InChI is InChI=1S/C15H13BrFNO2/c16-12-7-11(8-13(17)9-12)15(20)18-14-3-1-10(2-4-14)5-6-19/h1-4,7-9,19H,5-6H2,(H,18,20). The zero-order valence-electron chi connectivity index (χ0n) is 10.6. The maximum absolute atomic E-state index is 13.2. The minimum absolute atomic E-state index is 0.0863. The molecule has 0 spiro atoms. The summed E-state index contributed by atoms with van der Waals surface area (Å²) in [6.45, 7) is 0.0863. The lowest BCUT2D eigenvalue weighted by Crippen LogP contribution is -2.12. The van der Waals surface area contributed by atoms with Crippen molar-refractivity contribution in [2.24, 2.45) is 0 Å². The van der Waals surface area contributed by atoms with E-state index in [1.807, 2.05) is 12.1 Å². The number of rotatable bonds is 4. The summed E-state index contributed by atoms with van der Waals surface area (Å²) in [6.07, 6.45) is 0.574. The van der Waals surface area contributed by atoms with Gasteiger partial charge in [-0.05, 0) is 42.3 Å². The van der Waals surface area contributed by atoms with Crippen LogP contribution in [0.4, 0.5) is 10.1 Å². The molecule has 0 atom stereocenters. The molecule has 0 radical (unpaired) electrons. The molecule has 2 aromatic carbocycles. The Bertz CT molecular complexity index is 594. The van der Waals surface area contributed by atoms with Crippen molar-refractivity contribution in [1.82, 2.24) is 0 Å². The van der Waals surface area contributed by atoms with Crippen molar-refractivity contribution in [3.8, 4) is 0 Å². The summed E-state index contributed by atoms with van der Waals surface area (Å²) < 4.78 is 13.7. The summed E-state index contributed by atoms with van der Waals surface area (Å²) in [5, 5.41) is 11.5. The number of nitrogens with one attached hydrogen (secondary N) is 1. The van der Waals surface area contributed by atoms with Gasteiger partial charge in [-0.1, -0.05) is 28.1 Å². The third-order valence-corrected chi connectivity index (χ3v) is 3.19. The Kier molecular flexibility index (Phi) is 4.87. The van der Waals surface area contributed by atoms with Crippen LogP contribution in [0.2, 0.25) is 0 Å². The average Bonchev–Trinajstić information content (AvgIpc) is 2.40. The lowest BCUT2D eigenvalue weighted by molar-refractivity contribution is 0.102. The van der Waals surface area contributed by atoms with Gasteiger partial charge in [-0.2, -0.15) is 0 Å². The fourth-order valence-electron chi connectivity index (χ4n) is 1.77. The Labute approximate surface area is 124 Å². The van der Waals surface area contributed by atoms with Crippen LogP contribution in [0.1, 0.15) is 15.9 Å². The van der Waals surface area contributed by atoms with E-state index in [1.165, 1.54) is 12.1 Å². The fraction of sp³-hybridized carbons (Fsp3) is 0.133. The van der Waals surface area contributed by atoms with E-state index in [9.17, 15) is 9.18 Å².